The van der Waals surface area contributed by atoms with Gasteiger partial charge in [0, 0.05) is 5.69 Å². The van der Waals surface area contributed by atoms with Gasteiger partial charge in [-0.25, -0.2) is 9.18 Å². The third-order valence-electron chi connectivity index (χ3n) is 2.19. The van der Waals surface area contributed by atoms with Crippen molar-refractivity contribution < 1.29 is 13.9 Å². The Morgan fingerprint density at radius 2 is 2.24 bits per heavy atom. The molecule has 3 N–H and O–H groups in total. The van der Waals surface area contributed by atoms with Crippen molar-refractivity contribution in [3.8, 4) is 0 Å². The van der Waals surface area contributed by atoms with E-state index < -0.39 is 17.8 Å². The normalized spacial score (nSPS) is 11.7. The molecular weight excluding hydrogens is 243 g/mol. The van der Waals surface area contributed by atoms with Crippen molar-refractivity contribution >= 4 is 28.9 Å². The van der Waals surface area contributed by atoms with Gasteiger partial charge in [-0.2, -0.15) is 0 Å². The minimum absolute atomic E-state index is 0.0670. The van der Waals surface area contributed by atoms with Gasteiger partial charge in [0.15, 0.2) is 0 Å². The van der Waals surface area contributed by atoms with Crippen LogP contribution in [0.15, 0.2) is 18.2 Å². The van der Waals surface area contributed by atoms with Crippen molar-refractivity contribution in [3.63, 3.8) is 0 Å². The van der Waals surface area contributed by atoms with Crippen LogP contribution in [0, 0.1) is 5.82 Å². The molecule has 0 heterocycles. The van der Waals surface area contributed by atoms with E-state index in [0.717, 1.165) is 0 Å². The van der Waals surface area contributed by atoms with Crippen LogP contribution in [0.2, 0.25) is 0 Å². The molecule has 0 bridgehead atoms. The number of anilines is 1. The highest BCUT2D eigenvalue weighted by Gasteiger charge is 2.17. The molecule has 1 unspecified atom stereocenters. The lowest BCUT2D eigenvalue weighted by atomic mass is 10.1. The van der Waals surface area contributed by atoms with Gasteiger partial charge >= 0.3 is 5.97 Å². The first kappa shape index (κ1) is 13.4. The van der Waals surface area contributed by atoms with E-state index in [0.29, 0.717) is 5.69 Å². The van der Waals surface area contributed by atoms with Gasteiger partial charge in [-0.3, -0.25) is 0 Å². The highest BCUT2D eigenvalue weighted by Crippen LogP contribution is 2.19. The van der Waals surface area contributed by atoms with Crippen LogP contribution in [-0.4, -0.2) is 24.1 Å². The molecule has 0 aliphatic heterocycles. The summed E-state index contributed by atoms with van der Waals surface area (Å²) in [5.41, 5.74) is 5.90. The number of benzene rings is 1. The number of hydrogen-bond acceptors (Lipinski definition) is 4. The summed E-state index contributed by atoms with van der Waals surface area (Å²) >= 11 is 4.77. The van der Waals surface area contributed by atoms with Crippen LogP contribution >= 0.6 is 12.2 Å². The number of methoxy groups -OCH3 is 1. The molecule has 92 valence electrons. The Hall–Kier alpha value is -1.69. The average molecular weight is 256 g/mol. The molecule has 0 saturated heterocycles. The van der Waals surface area contributed by atoms with Crippen molar-refractivity contribution in [2.24, 2.45) is 5.73 Å². The lowest BCUT2D eigenvalue weighted by Crippen LogP contribution is -2.28. The maximum Gasteiger partial charge on any atom is 0.327 e. The predicted octanol–water partition coefficient (Wildman–Crippen LogP) is 1.43. The fourth-order valence-electron chi connectivity index (χ4n) is 1.36. The second kappa shape index (κ2) is 5.58. The maximum atomic E-state index is 13.5. The minimum Gasteiger partial charge on any atom is -0.467 e. The highest BCUT2D eigenvalue weighted by atomic mass is 32.1. The van der Waals surface area contributed by atoms with E-state index >= 15 is 0 Å². The molecule has 0 radical (unpaired) electrons. The molecule has 1 aromatic rings. The molecule has 1 atom stereocenters. The van der Waals surface area contributed by atoms with Crippen LogP contribution in [0.25, 0.3) is 0 Å². The third-order valence-corrected chi connectivity index (χ3v) is 2.39. The highest BCUT2D eigenvalue weighted by molar-refractivity contribution is 7.80. The number of thiocarbonyl (C=S) groups is 1. The Bertz CT molecular complexity index is 451. The lowest BCUT2D eigenvalue weighted by Gasteiger charge is -2.16. The van der Waals surface area contributed by atoms with Crippen LogP contribution < -0.4 is 11.1 Å². The quantitative estimate of drug-likeness (QED) is 0.630. The Morgan fingerprint density at radius 3 is 2.76 bits per heavy atom. The van der Waals surface area contributed by atoms with Crippen LogP contribution in [0.5, 0.6) is 0 Å². The fourth-order valence-corrected chi connectivity index (χ4v) is 1.57. The molecule has 6 heteroatoms. The van der Waals surface area contributed by atoms with Crippen molar-refractivity contribution in [3.05, 3.63) is 29.6 Å². The lowest BCUT2D eigenvalue weighted by molar-refractivity contribution is -0.141. The molecule has 1 aromatic carbocycles. The number of carbonyl (C=O) groups excluding carboxylic acids is 1. The molecule has 0 aliphatic rings. The standard InChI is InChI=1S/C11H13FN2O2S/c1-6(11(15)16-2)14-8-5-3-4-7(12)9(8)10(13)17/h3-6,14H,1-2H3,(H2,13,17). The molecule has 0 saturated carbocycles. The number of halogens is 1. The van der Waals surface area contributed by atoms with Gasteiger partial charge in [0.25, 0.3) is 0 Å². The first-order valence-electron chi connectivity index (χ1n) is 4.90. The van der Waals surface area contributed by atoms with Gasteiger partial charge in [-0.05, 0) is 19.1 Å². The molecular formula is C11H13FN2O2S. The summed E-state index contributed by atoms with van der Waals surface area (Å²) in [5.74, 6) is -0.984. The smallest absolute Gasteiger partial charge is 0.327 e. The number of hydrogen-bond donors (Lipinski definition) is 2. The first-order valence-corrected chi connectivity index (χ1v) is 5.31. The van der Waals surface area contributed by atoms with Gasteiger partial charge < -0.3 is 15.8 Å². The summed E-state index contributed by atoms with van der Waals surface area (Å²) in [7, 11) is 1.28. The Morgan fingerprint density at radius 1 is 1.59 bits per heavy atom. The third kappa shape index (κ3) is 3.13. The first-order chi connectivity index (χ1) is 7.97. The van der Waals surface area contributed by atoms with E-state index in [9.17, 15) is 9.18 Å². The summed E-state index contributed by atoms with van der Waals surface area (Å²) in [4.78, 5) is 11.2. The number of rotatable bonds is 4. The zero-order chi connectivity index (χ0) is 13.0. The van der Waals surface area contributed by atoms with Gasteiger partial charge in [0.05, 0.1) is 12.7 Å². The van der Waals surface area contributed by atoms with Crippen LogP contribution in [0.1, 0.15) is 12.5 Å². The van der Waals surface area contributed by atoms with Crippen molar-refractivity contribution in [2.75, 3.05) is 12.4 Å². The largest absolute Gasteiger partial charge is 0.467 e. The van der Waals surface area contributed by atoms with Crippen molar-refractivity contribution in [2.45, 2.75) is 13.0 Å². The number of nitrogens with one attached hydrogen (secondary N) is 1. The van der Waals surface area contributed by atoms with Gasteiger partial charge in [0.1, 0.15) is 16.8 Å². The van der Waals surface area contributed by atoms with E-state index in [1.54, 1.807) is 13.0 Å². The zero-order valence-electron chi connectivity index (χ0n) is 9.49. The second-order valence-electron chi connectivity index (χ2n) is 3.42. The van der Waals surface area contributed by atoms with Crippen LogP contribution in [0.3, 0.4) is 0 Å². The van der Waals surface area contributed by atoms with E-state index in [-0.39, 0.29) is 10.6 Å². The van der Waals surface area contributed by atoms with E-state index in [1.807, 2.05) is 0 Å². The maximum absolute atomic E-state index is 13.5. The van der Waals surface area contributed by atoms with Crippen molar-refractivity contribution in [1.29, 1.82) is 0 Å². The van der Waals surface area contributed by atoms with E-state index in [1.165, 1.54) is 19.2 Å². The van der Waals surface area contributed by atoms with Gasteiger partial charge in [-0.1, -0.05) is 18.3 Å². The number of esters is 1. The molecule has 1 rings (SSSR count). The molecule has 0 fully saturated rings. The number of ether oxygens (including phenoxy) is 1. The van der Waals surface area contributed by atoms with Crippen molar-refractivity contribution in [1.82, 2.24) is 0 Å². The van der Waals surface area contributed by atoms with Crippen LogP contribution in [-0.2, 0) is 9.53 Å². The summed E-state index contributed by atoms with van der Waals surface area (Å²) in [6.45, 7) is 1.60. The fraction of sp³-hybridized carbons (Fsp3) is 0.273. The minimum atomic E-state index is -0.616. The Labute approximate surface area is 104 Å². The van der Waals surface area contributed by atoms with E-state index in [4.69, 9.17) is 18.0 Å². The predicted molar refractivity (Wildman–Crippen MR) is 67.4 cm³/mol. The average Bonchev–Trinajstić information content (AvgIpc) is 2.27. The molecule has 0 aromatic heterocycles. The molecule has 0 amide bonds. The van der Waals surface area contributed by atoms with E-state index in [2.05, 4.69) is 10.1 Å². The summed E-state index contributed by atoms with van der Waals surface area (Å²) in [5, 5.41) is 2.80. The number of nitrogens with two attached hydrogens (primary N) is 1. The molecule has 0 aliphatic carbocycles. The SMILES string of the molecule is COC(=O)C(C)Nc1cccc(F)c1C(N)=S. The molecule has 17 heavy (non-hydrogen) atoms. The Balaban J connectivity index is 3.02. The van der Waals surface area contributed by atoms with Crippen LogP contribution in [0.4, 0.5) is 10.1 Å². The summed E-state index contributed by atoms with van der Waals surface area (Å²) in [6.07, 6.45) is 0. The molecule has 0 spiro atoms. The second-order valence-corrected chi connectivity index (χ2v) is 3.86. The topological polar surface area (TPSA) is 64.3 Å². The summed E-state index contributed by atoms with van der Waals surface area (Å²) < 4.78 is 18.1. The zero-order valence-corrected chi connectivity index (χ0v) is 10.3. The van der Waals surface area contributed by atoms with Gasteiger partial charge in [-0.15, -0.1) is 0 Å². The monoisotopic (exact) mass is 256 g/mol. The Kier molecular flexibility index (Phi) is 4.39. The van der Waals surface area contributed by atoms with Gasteiger partial charge in [0.2, 0.25) is 0 Å². The summed E-state index contributed by atoms with van der Waals surface area (Å²) in [6, 6.07) is 3.73. The molecule has 4 nitrogen and oxygen atoms in total. The number of carbonyl (C=O) groups is 1.